The van der Waals surface area contributed by atoms with E-state index in [9.17, 15) is 13.6 Å². The Morgan fingerprint density at radius 3 is 1.75 bits per heavy atom. The van der Waals surface area contributed by atoms with Gasteiger partial charge in [0, 0.05) is 102 Å². The van der Waals surface area contributed by atoms with Crippen molar-refractivity contribution in [1.82, 2.24) is 33.6 Å². The minimum Gasteiger partial charge on any atom is -0.493 e. The van der Waals surface area contributed by atoms with Gasteiger partial charge < -0.3 is 20.1 Å². The van der Waals surface area contributed by atoms with Crippen molar-refractivity contribution in [3.8, 4) is 33.8 Å². The molecule has 1 fully saturated rings. The molecule has 12 nitrogen and oxygen atoms in total. The first-order chi connectivity index (χ1) is 32.5. The van der Waals surface area contributed by atoms with Crippen molar-refractivity contribution >= 4 is 29.0 Å². The highest BCUT2D eigenvalue weighted by Crippen LogP contribution is 2.50. The SMILES string of the molecule is Cc1cn2c(NCc3c(F)ccc4c3CCO4)ncc(-c3ccc(C4(N(C)C)CC4)cc3)c2n1.Cc1cn2c(NCc3c(F)ccc4c3CCO4)ncc(-c3ccc4c(c3)CCCC4=O)c2n1. The van der Waals surface area contributed by atoms with Gasteiger partial charge in [-0.15, -0.1) is 0 Å². The molecule has 14 heteroatoms. The lowest BCUT2D eigenvalue weighted by atomic mass is 9.88. The Labute approximate surface area is 387 Å². The van der Waals surface area contributed by atoms with E-state index in [1.165, 1.54) is 30.5 Å². The number of halogens is 2. The van der Waals surface area contributed by atoms with Crippen molar-refractivity contribution in [3.05, 3.63) is 153 Å². The van der Waals surface area contributed by atoms with Crippen LogP contribution in [0, 0.1) is 25.5 Å². The minimum atomic E-state index is -0.245. The molecule has 6 heterocycles. The lowest BCUT2D eigenvalue weighted by Crippen LogP contribution is -2.27. The van der Waals surface area contributed by atoms with Gasteiger partial charge in [0.15, 0.2) is 5.78 Å². The molecule has 340 valence electrons. The van der Waals surface area contributed by atoms with E-state index in [1.807, 2.05) is 53.4 Å². The maximum Gasteiger partial charge on any atom is 0.208 e. The highest BCUT2D eigenvalue weighted by molar-refractivity contribution is 5.99. The van der Waals surface area contributed by atoms with E-state index in [2.05, 4.69) is 64.9 Å². The third-order valence-corrected chi connectivity index (χ3v) is 13.8. The summed E-state index contributed by atoms with van der Waals surface area (Å²) in [4.78, 5) is 33.4. The lowest BCUT2D eigenvalue weighted by Gasteiger charge is -2.24. The number of rotatable bonds is 10. The largest absolute Gasteiger partial charge is 0.493 e. The predicted molar refractivity (Wildman–Crippen MR) is 254 cm³/mol. The Bertz CT molecular complexity index is 3250. The van der Waals surface area contributed by atoms with Crippen LogP contribution in [0.2, 0.25) is 0 Å². The number of aryl methyl sites for hydroxylation is 3. The van der Waals surface area contributed by atoms with Crippen LogP contribution in [0.3, 0.4) is 0 Å². The number of nitrogens with zero attached hydrogens (tertiary/aromatic N) is 7. The van der Waals surface area contributed by atoms with Crippen LogP contribution in [0.4, 0.5) is 20.7 Å². The van der Waals surface area contributed by atoms with E-state index >= 15 is 0 Å². The smallest absolute Gasteiger partial charge is 0.208 e. The molecule has 0 saturated heterocycles. The maximum absolute atomic E-state index is 14.6. The molecule has 0 unspecified atom stereocenters. The van der Waals surface area contributed by atoms with Gasteiger partial charge in [-0.05, 0) is 100 Å². The number of ether oxygens (including phenoxy) is 2. The molecule has 0 radical (unpaired) electrons. The van der Waals surface area contributed by atoms with Crippen molar-refractivity contribution in [2.24, 2.45) is 0 Å². The first-order valence-corrected chi connectivity index (χ1v) is 23.0. The third-order valence-electron chi connectivity index (χ3n) is 13.8. The van der Waals surface area contributed by atoms with E-state index in [4.69, 9.17) is 24.4 Å². The maximum atomic E-state index is 14.6. The molecule has 2 N–H and O–H groups in total. The second-order valence-corrected chi connectivity index (χ2v) is 18.2. The summed E-state index contributed by atoms with van der Waals surface area (Å²) >= 11 is 0. The second-order valence-electron chi connectivity index (χ2n) is 18.2. The molecule has 4 aliphatic rings. The van der Waals surface area contributed by atoms with Crippen LogP contribution in [0.5, 0.6) is 11.5 Å². The van der Waals surface area contributed by atoms with Crippen LogP contribution in [0.15, 0.2) is 91.5 Å². The summed E-state index contributed by atoms with van der Waals surface area (Å²) in [5.41, 5.74) is 13.9. The van der Waals surface area contributed by atoms with Gasteiger partial charge in [0.2, 0.25) is 11.9 Å². The third kappa shape index (κ3) is 7.72. The molecule has 2 aliphatic heterocycles. The summed E-state index contributed by atoms with van der Waals surface area (Å²) in [5, 5.41) is 6.62. The quantitative estimate of drug-likeness (QED) is 0.137. The zero-order valence-electron chi connectivity index (χ0n) is 38.0. The first kappa shape index (κ1) is 42.4. The fourth-order valence-electron chi connectivity index (χ4n) is 10.1. The first-order valence-electron chi connectivity index (χ1n) is 23.0. The number of Topliss-reactive ketones (excluding diaryl/α,β-unsaturated/α-hetero) is 1. The number of hydrogen-bond acceptors (Lipinski definition) is 10. The Balaban J connectivity index is 0.000000148. The molecule has 0 atom stereocenters. The molecule has 2 aliphatic carbocycles. The Morgan fingerprint density at radius 2 is 1.21 bits per heavy atom. The van der Waals surface area contributed by atoms with Gasteiger partial charge in [0.05, 0.1) is 24.6 Å². The molecular formula is C53H51F2N9O3. The van der Waals surface area contributed by atoms with Gasteiger partial charge >= 0.3 is 0 Å². The number of nitrogens with one attached hydrogen (secondary N) is 2. The van der Waals surface area contributed by atoms with Crippen LogP contribution in [0.25, 0.3) is 33.5 Å². The van der Waals surface area contributed by atoms with Crippen LogP contribution in [-0.2, 0) is 37.9 Å². The second kappa shape index (κ2) is 16.9. The summed E-state index contributed by atoms with van der Waals surface area (Å²) in [7, 11) is 4.30. The van der Waals surface area contributed by atoms with Crippen molar-refractivity contribution in [3.63, 3.8) is 0 Å². The average molecular weight is 900 g/mol. The van der Waals surface area contributed by atoms with Crippen LogP contribution < -0.4 is 20.1 Å². The molecule has 8 aromatic rings. The minimum absolute atomic E-state index is 0.182. The van der Waals surface area contributed by atoms with Gasteiger partial charge in [-0.25, -0.2) is 28.7 Å². The van der Waals surface area contributed by atoms with E-state index < -0.39 is 0 Å². The number of ketones is 1. The van der Waals surface area contributed by atoms with Gasteiger partial charge in [-0.2, -0.15) is 0 Å². The zero-order valence-corrected chi connectivity index (χ0v) is 38.0. The van der Waals surface area contributed by atoms with Crippen molar-refractivity contribution in [1.29, 1.82) is 0 Å². The summed E-state index contributed by atoms with van der Waals surface area (Å²) in [5.74, 6) is 2.51. The zero-order chi connectivity index (χ0) is 46.0. The summed E-state index contributed by atoms with van der Waals surface area (Å²) < 4.78 is 44.2. The van der Waals surface area contributed by atoms with Crippen LogP contribution >= 0.6 is 0 Å². The molecule has 67 heavy (non-hydrogen) atoms. The van der Waals surface area contributed by atoms with Gasteiger partial charge in [0.25, 0.3) is 0 Å². The Morgan fingerprint density at radius 1 is 0.672 bits per heavy atom. The molecule has 0 spiro atoms. The van der Waals surface area contributed by atoms with Crippen molar-refractivity contribution in [2.75, 3.05) is 37.9 Å². The number of hydrogen-bond donors (Lipinski definition) is 2. The van der Waals surface area contributed by atoms with E-state index in [0.717, 1.165) is 98.0 Å². The molecular weight excluding hydrogens is 849 g/mol. The Kier molecular flexibility index (Phi) is 10.7. The number of aromatic nitrogens is 6. The Hall–Kier alpha value is -7.19. The number of benzene rings is 4. The standard InChI is InChI=1S/C27H28FN5O.C26H23FN4O2/c1-17-16-33-25(31-17)21(18-4-6-19(7-5-18)27(11-12-27)32(2)3)14-29-26(33)30-15-22-20-10-13-34-24(20)9-8-23(22)28;1-15-14-31-25(30-15)20(17-5-6-18-16(11-17)3-2-4-23(18)32)12-28-26(31)29-13-21-19-9-10-33-24(19)8-7-22(21)27/h4-9,14,16H,10-13,15H2,1-3H3,(H,29,30);5-8,11-12,14H,2-4,9-10,13H2,1H3,(H,28,29). The molecule has 1 saturated carbocycles. The van der Waals surface area contributed by atoms with E-state index in [0.29, 0.717) is 62.2 Å². The number of carbonyl (C=O) groups is 1. The monoisotopic (exact) mass is 899 g/mol. The number of carbonyl (C=O) groups excluding carboxylic acids is 1. The van der Waals surface area contributed by atoms with Gasteiger partial charge in [-0.3, -0.25) is 18.5 Å². The van der Waals surface area contributed by atoms with Gasteiger partial charge in [-0.1, -0.05) is 42.5 Å². The lowest BCUT2D eigenvalue weighted by molar-refractivity contribution is 0.0972. The average Bonchev–Trinajstić information content (AvgIpc) is 3.69. The van der Waals surface area contributed by atoms with E-state index in [1.54, 1.807) is 18.3 Å². The molecule has 4 aromatic carbocycles. The number of fused-ring (bicyclic) bond motifs is 5. The highest BCUT2D eigenvalue weighted by atomic mass is 19.1. The summed E-state index contributed by atoms with van der Waals surface area (Å²) in [6.07, 6.45) is 13.8. The van der Waals surface area contributed by atoms with E-state index in [-0.39, 0.29) is 23.0 Å². The predicted octanol–water partition coefficient (Wildman–Crippen LogP) is 9.85. The topological polar surface area (TPSA) is 123 Å². The number of anilines is 2. The molecule has 0 amide bonds. The highest BCUT2D eigenvalue weighted by Gasteiger charge is 2.46. The fourth-order valence-corrected chi connectivity index (χ4v) is 10.1. The normalized spacial score (nSPS) is 15.4. The summed E-state index contributed by atoms with van der Waals surface area (Å²) in [6.45, 7) is 5.72. The molecule has 4 aromatic heterocycles. The summed E-state index contributed by atoms with van der Waals surface area (Å²) in [6, 6.07) is 21.1. The van der Waals surface area contributed by atoms with Crippen LogP contribution in [-0.4, -0.2) is 66.7 Å². The van der Waals surface area contributed by atoms with Crippen molar-refractivity contribution < 1.29 is 23.0 Å². The van der Waals surface area contributed by atoms with Crippen LogP contribution in [0.1, 0.15) is 80.8 Å². The fraction of sp³-hybridized carbons (Fsp3) is 0.302. The van der Waals surface area contributed by atoms with Crippen molar-refractivity contribution in [2.45, 2.75) is 77.4 Å². The molecule has 0 bridgehead atoms. The molecule has 12 rings (SSSR count). The van der Waals surface area contributed by atoms with Gasteiger partial charge in [0.1, 0.15) is 34.4 Å². The number of imidazole rings is 2.